The molecule has 0 spiro atoms. The van der Waals surface area contributed by atoms with Crippen LogP contribution < -0.4 is 25.6 Å². The minimum absolute atomic E-state index is 0.0455. The molecule has 41 heavy (non-hydrogen) atoms. The molecule has 2 heterocycles. The number of aliphatic hydroxyl groups excluding tert-OH is 1. The predicted molar refractivity (Wildman–Crippen MR) is 156 cm³/mol. The number of carbonyl (C=O) groups is 1. The summed E-state index contributed by atoms with van der Waals surface area (Å²) in [6.45, 7) is 3.42. The van der Waals surface area contributed by atoms with Crippen LogP contribution in [-0.4, -0.2) is 85.1 Å². The number of anilines is 5. The van der Waals surface area contributed by atoms with Gasteiger partial charge < -0.3 is 36.1 Å². The van der Waals surface area contributed by atoms with E-state index in [1.807, 2.05) is 17.0 Å². The predicted octanol–water partition coefficient (Wildman–Crippen LogP) is 3.77. The first-order valence-corrected chi connectivity index (χ1v) is 12.9. The molecule has 1 aliphatic heterocycles. The fourth-order valence-electron chi connectivity index (χ4n) is 4.54. The minimum Gasteiger partial charge on any atom is -0.433 e. The Morgan fingerprint density at radius 3 is 2.59 bits per heavy atom. The van der Waals surface area contributed by atoms with E-state index in [4.69, 9.17) is 10.1 Å². The summed E-state index contributed by atoms with van der Waals surface area (Å²) in [5.74, 6) is -0.281. The van der Waals surface area contributed by atoms with Gasteiger partial charge in [-0.1, -0.05) is 18.7 Å². The van der Waals surface area contributed by atoms with E-state index in [0.29, 0.717) is 61.2 Å². The molecule has 5 N–H and O–H groups in total. The Kier molecular flexibility index (Phi) is 9.77. The van der Waals surface area contributed by atoms with E-state index in [1.54, 1.807) is 19.2 Å². The molecular formula is C28H32F2N8O3. The molecule has 13 heteroatoms. The lowest BCUT2D eigenvalue weighted by Crippen LogP contribution is -2.47. The largest absolute Gasteiger partial charge is 0.433 e. The SMILES string of the molecule is C=CC(=O)Nc1cc(Nc2cc(-c3ccc(C=N)c(NC)c3)ncn2)c(OC(F)F)cc1N1CCN(CCO)CC1. The number of rotatable bonds is 12. The van der Waals surface area contributed by atoms with Crippen molar-refractivity contribution in [3.8, 4) is 17.0 Å². The molecule has 216 valence electrons. The second-order valence-corrected chi connectivity index (χ2v) is 9.10. The van der Waals surface area contributed by atoms with Gasteiger partial charge in [-0.2, -0.15) is 8.78 Å². The fraction of sp³-hybridized carbons (Fsp3) is 0.286. The quantitative estimate of drug-likeness (QED) is 0.164. The van der Waals surface area contributed by atoms with Crippen LogP contribution in [0.15, 0.2) is 55.4 Å². The third-order valence-corrected chi connectivity index (χ3v) is 6.59. The van der Waals surface area contributed by atoms with Crippen molar-refractivity contribution in [3.63, 3.8) is 0 Å². The monoisotopic (exact) mass is 566 g/mol. The highest BCUT2D eigenvalue weighted by molar-refractivity contribution is 6.02. The zero-order chi connectivity index (χ0) is 29.4. The van der Waals surface area contributed by atoms with Crippen molar-refractivity contribution in [1.82, 2.24) is 14.9 Å². The number of carbonyl (C=O) groups excluding carboxylic acids is 1. The summed E-state index contributed by atoms with van der Waals surface area (Å²) in [6, 6.07) is 10.1. The standard InChI is InChI=1S/C28H32F2N8O3/c1-3-27(40)36-22-13-23(25(41-28(29)30)15-24(22)38-8-6-37(7-9-38)10-11-39)35-26-14-21(33-17-34-26)18-4-5-19(16-31)20(12-18)32-2/h3-5,12-17,28,31-32,39H,1,6-11H2,2H3,(H,36,40)(H,33,34,35). The number of alkyl halides is 2. The van der Waals surface area contributed by atoms with Gasteiger partial charge in [0.25, 0.3) is 0 Å². The zero-order valence-corrected chi connectivity index (χ0v) is 22.5. The van der Waals surface area contributed by atoms with Gasteiger partial charge in [-0.15, -0.1) is 0 Å². The zero-order valence-electron chi connectivity index (χ0n) is 22.5. The number of ether oxygens (including phenoxy) is 1. The van der Waals surface area contributed by atoms with Crippen molar-refractivity contribution in [2.75, 3.05) is 67.2 Å². The first kappa shape index (κ1) is 29.4. The molecule has 4 rings (SSSR count). The molecule has 0 bridgehead atoms. The summed E-state index contributed by atoms with van der Waals surface area (Å²) in [5.41, 5.74) is 3.82. The summed E-state index contributed by atoms with van der Waals surface area (Å²) in [5, 5.41) is 25.6. The first-order valence-electron chi connectivity index (χ1n) is 12.9. The first-order chi connectivity index (χ1) is 19.8. The average Bonchev–Trinajstić information content (AvgIpc) is 2.98. The van der Waals surface area contributed by atoms with E-state index in [-0.39, 0.29) is 18.0 Å². The highest BCUT2D eigenvalue weighted by atomic mass is 19.3. The molecule has 0 aliphatic carbocycles. The number of piperazine rings is 1. The van der Waals surface area contributed by atoms with Crippen LogP contribution >= 0.6 is 0 Å². The van der Waals surface area contributed by atoms with Gasteiger partial charge in [0.15, 0.2) is 5.75 Å². The van der Waals surface area contributed by atoms with Gasteiger partial charge in [-0.05, 0) is 18.2 Å². The number of hydrogen-bond donors (Lipinski definition) is 5. The van der Waals surface area contributed by atoms with Crippen molar-refractivity contribution in [3.05, 3.63) is 60.9 Å². The van der Waals surface area contributed by atoms with Crippen LogP contribution in [0, 0.1) is 5.41 Å². The summed E-state index contributed by atoms with van der Waals surface area (Å²) in [7, 11) is 1.75. The maximum Gasteiger partial charge on any atom is 0.387 e. The smallest absolute Gasteiger partial charge is 0.387 e. The Bertz CT molecular complexity index is 1400. The second-order valence-electron chi connectivity index (χ2n) is 9.10. The van der Waals surface area contributed by atoms with Crippen LogP contribution in [-0.2, 0) is 4.79 Å². The van der Waals surface area contributed by atoms with Gasteiger partial charge >= 0.3 is 6.61 Å². The van der Waals surface area contributed by atoms with Crippen LogP contribution in [0.4, 0.5) is 37.3 Å². The van der Waals surface area contributed by atoms with Gasteiger partial charge in [-0.3, -0.25) is 9.69 Å². The lowest BCUT2D eigenvalue weighted by atomic mass is 10.1. The molecule has 2 aromatic carbocycles. The third kappa shape index (κ3) is 7.32. The molecule has 1 saturated heterocycles. The Labute approximate surface area is 236 Å². The Hall–Kier alpha value is -4.62. The van der Waals surface area contributed by atoms with Crippen LogP contribution in [0.3, 0.4) is 0 Å². The highest BCUT2D eigenvalue weighted by Gasteiger charge is 2.23. The Balaban J connectivity index is 1.70. The number of hydrogen-bond acceptors (Lipinski definition) is 10. The molecule has 1 amide bonds. The number of aromatic nitrogens is 2. The minimum atomic E-state index is -3.09. The lowest BCUT2D eigenvalue weighted by molar-refractivity contribution is -0.111. The molecule has 0 radical (unpaired) electrons. The summed E-state index contributed by atoms with van der Waals surface area (Å²) >= 11 is 0. The number of β-amino-alcohol motifs (C(OH)–C–C–N with tert-alkyl or cyclic N) is 1. The third-order valence-electron chi connectivity index (χ3n) is 6.59. The second kappa shape index (κ2) is 13.6. The van der Waals surface area contributed by atoms with Crippen LogP contribution in [0.1, 0.15) is 5.56 Å². The van der Waals surface area contributed by atoms with Crippen molar-refractivity contribution >= 4 is 40.7 Å². The maximum atomic E-state index is 13.5. The summed E-state index contributed by atoms with van der Waals surface area (Å²) in [4.78, 5) is 24.9. The number of nitrogens with zero attached hydrogens (tertiary/aromatic N) is 4. The van der Waals surface area contributed by atoms with Gasteiger partial charge in [-0.25, -0.2) is 9.97 Å². The Morgan fingerprint density at radius 2 is 1.93 bits per heavy atom. The molecule has 0 saturated carbocycles. The normalized spacial score (nSPS) is 13.5. The van der Waals surface area contributed by atoms with E-state index in [2.05, 4.69) is 37.4 Å². The van der Waals surface area contributed by atoms with Crippen LogP contribution in [0.2, 0.25) is 0 Å². The number of nitrogens with one attached hydrogen (secondary N) is 4. The highest BCUT2D eigenvalue weighted by Crippen LogP contribution is 2.40. The molecule has 1 aliphatic rings. The van der Waals surface area contributed by atoms with Crippen LogP contribution in [0.5, 0.6) is 5.75 Å². The Morgan fingerprint density at radius 1 is 1.15 bits per heavy atom. The number of benzene rings is 2. The molecule has 3 aromatic rings. The molecule has 1 fully saturated rings. The summed E-state index contributed by atoms with van der Waals surface area (Å²) < 4.78 is 31.9. The van der Waals surface area contributed by atoms with Crippen molar-refractivity contribution in [2.45, 2.75) is 6.61 Å². The maximum absolute atomic E-state index is 13.5. The molecule has 0 unspecified atom stereocenters. The topological polar surface area (TPSA) is 139 Å². The summed E-state index contributed by atoms with van der Waals surface area (Å²) in [6.07, 6.45) is 3.71. The van der Waals surface area contributed by atoms with Crippen molar-refractivity contribution in [1.29, 1.82) is 5.41 Å². The van der Waals surface area contributed by atoms with Gasteiger partial charge in [0, 0.05) is 74.9 Å². The van der Waals surface area contributed by atoms with Gasteiger partial charge in [0.2, 0.25) is 5.91 Å². The van der Waals surface area contributed by atoms with E-state index < -0.39 is 12.5 Å². The number of amides is 1. The fourth-order valence-corrected chi connectivity index (χ4v) is 4.54. The van der Waals surface area contributed by atoms with E-state index >= 15 is 0 Å². The molecule has 1 aromatic heterocycles. The van der Waals surface area contributed by atoms with Crippen LogP contribution in [0.25, 0.3) is 11.3 Å². The number of halogens is 2. The lowest BCUT2D eigenvalue weighted by Gasteiger charge is -2.37. The van der Waals surface area contributed by atoms with Crippen molar-refractivity contribution < 1.29 is 23.4 Å². The molecular weight excluding hydrogens is 534 g/mol. The van der Waals surface area contributed by atoms with Gasteiger partial charge in [0.1, 0.15) is 12.1 Å². The molecule has 11 nitrogen and oxygen atoms in total. The van der Waals surface area contributed by atoms with E-state index in [1.165, 1.54) is 24.7 Å². The molecule has 0 atom stereocenters. The number of aliphatic hydroxyl groups is 1. The van der Waals surface area contributed by atoms with Gasteiger partial charge in [0.05, 0.1) is 29.4 Å². The van der Waals surface area contributed by atoms with E-state index in [0.717, 1.165) is 17.3 Å². The van der Waals surface area contributed by atoms with E-state index in [9.17, 15) is 18.7 Å². The van der Waals surface area contributed by atoms with Crippen molar-refractivity contribution in [2.24, 2.45) is 0 Å². The average molecular weight is 567 g/mol.